The smallest absolute Gasteiger partial charge is 0.151 e. The fraction of sp³-hybridized carbons (Fsp3) is 0. The van der Waals surface area contributed by atoms with Crippen LogP contribution in [0.5, 0.6) is 11.5 Å². The number of aromatic amines is 2. The monoisotopic (exact) mass is 358 g/mol. The van der Waals surface area contributed by atoms with Crippen molar-refractivity contribution in [1.29, 1.82) is 0 Å². The van der Waals surface area contributed by atoms with E-state index in [-0.39, 0.29) is 11.5 Å². The molecule has 0 spiro atoms. The molecule has 4 N–H and O–H groups in total. The Balaban J connectivity index is 2.31. The van der Waals surface area contributed by atoms with Gasteiger partial charge in [0.05, 0.1) is 11.0 Å². The number of fused-ring (bicyclic) bond motifs is 2. The molecule has 6 heteroatoms. The molecule has 0 aliphatic rings. The van der Waals surface area contributed by atoms with Gasteiger partial charge in [0.2, 0.25) is 0 Å². The first kappa shape index (κ1) is 15.0. The number of benzene rings is 2. The van der Waals surface area contributed by atoms with Crippen molar-refractivity contribution in [1.82, 2.24) is 9.97 Å². The van der Waals surface area contributed by atoms with Gasteiger partial charge in [0.1, 0.15) is 10.7 Å². The third kappa shape index (κ3) is 2.00. The van der Waals surface area contributed by atoms with E-state index in [0.717, 1.165) is 0 Å². The summed E-state index contributed by atoms with van der Waals surface area (Å²) in [7, 11) is 0. The number of H-pyrrole nitrogens is 2. The molecular formula is C18H12Cl2N2O2. The lowest BCUT2D eigenvalue weighted by molar-refractivity contribution is 0.467. The van der Waals surface area contributed by atoms with Crippen LogP contribution in [-0.4, -0.2) is 20.2 Å². The molecule has 0 unspecified atom stereocenters. The number of rotatable bonds is 0. The molecule has 0 aliphatic carbocycles. The molecular weight excluding hydrogens is 347 g/mol. The summed E-state index contributed by atoms with van der Waals surface area (Å²) >= 11 is 12.1. The number of aromatic nitrogens is 2. The molecule has 4 rings (SSSR count). The predicted octanol–water partition coefficient (Wildman–Crippen LogP) is 3.47. The van der Waals surface area contributed by atoms with Gasteiger partial charge in [0.25, 0.3) is 0 Å². The summed E-state index contributed by atoms with van der Waals surface area (Å²) in [6.45, 7) is 7.81. The Morgan fingerprint density at radius 1 is 0.708 bits per heavy atom. The van der Waals surface area contributed by atoms with E-state index in [1.165, 1.54) is 0 Å². The number of hydrogen-bond donors (Lipinski definition) is 4. The number of halogens is 2. The zero-order valence-corrected chi connectivity index (χ0v) is 13.9. The minimum atomic E-state index is -0.00904. The van der Waals surface area contributed by atoms with E-state index in [0.29, 0.717) is 53.0 Å². The average molecular weight is 359 g/mol. The van der Waals surface area contributed by atoms with Crippen molar-refractivity contribution >= 4 is 58.2 Å². The van der Waals surface area contributed by atoms with Gasteiger partial charge in [0, 0.05) is 20.8 Å². The van der Waals surface area contributed by atoms with Crippen LogP contribution >= 0.6 is 23.2 Å². The summed E-state index contributed by atoms with van der Waals surface area (Å²) in [6, 6.07) is 6.72. The van der Waals surface area contributed by atoms with Crippen molar-refractivity contribution in [2.45, 2.75) is 0 Å². The third-order valence-electron chi connectivity index (χ3n) is 4.09. The number of nitrogens with one attached hydrogen (secondary N) is 2. The Bertz CT molecular complexity index is 1230. The highest BCUT2D eigenvalue weighted by Crippen LogP contribution is 2.30. The highest BCUT2D eigenvalue weighted by Gasteiger charge is 2.13. The predicted molar refractivity (Wildman–Crippen MR) is 97.9 cm³/mol. The van der Waals surface area contributed by atoms with Gasteiger partial charge in [-0.3, -0.25) is 0 Å². The first-order valence-corrected chi connectivity index (χ1v) is 7.85. The fourth-order valence-corrected chi connectivity index (χ4v) is 3.56. The summed E-state index contributed by atoms with van der Waals surface area (Å²) in [5.74, 6) is -0.0181. The molecule has 0 saturated carbocycles. The molecule has 24 heavy (non-hydrogen) atoms. The largest absolute Gasteiger partial charge is 0.505 e. The van der Waals surface area contributed by atoms with Gasteiger partial charge in [-0.1, -0.05) is 36.4 Å². The van der Waals surface area contributed by atoms with Crippen LogP contribution in [0.3, 0.4) is 0 Å². The molecule has 0 bridgehead atoms. The van der Waals surface area contributed by atoms with E-state index in [9.17, 15) is 10.2 Å². The van der Waals surface area contributed by atoms with Crippen LogP contribution in [0.1, 0.15) is 0 Å². The molecule has 2 heterocycles. The van der Waals surface area contributed by atoms with E-state index < -0.39 is 0 Å². The number of aromatic hydroxyl groups is 2. The van der Waals surface area contributed by atoms with Gasteiger partial charge in [-0.15, -0.1) is 0 Å². The van der Waals surface area contributed by atoms with E-state index >= 15 is 0 Å². The molecule has 0 saturated heterocycles. The van der Waals surface area contributed by atoms with Crippen molar-refractivity contribution in [2.24, 2.45) is 0 Å². The maximum Gasteiger partial charge on any atom is 0.151 e. The number of hydrogen-bond acceptors (Lipinski definition) is 2. The van der Waals surface area contributed by atoms with E-state index in [4.69, 9.17) is 23.2 Å². The maximum atomic E-state index is 10.6. The van der Waals surface area contributed by atoms with E-state index in [1.807, 2.05) is 0 Å². The van der Waals surface area contributed by atoms with Gasteiger partial charge in [0.15, 0.2) is 11.5 Å². The molecule has 4 aromatic rings. The molecule has 120 valence electrons. The highest BCUT2D eigenvalue weighted by atomic mass is 35.5. The molecule has 0 fully saturated rings. The topological polar surface area (TPSA) is 72.0 Å². The Labute approximate surface area is 145 Å². The summed E-state index contributed by atoms with van der Waals surface area (Å²) in [4.78, 5) is 6.16. The molecule has 0 atom stereocenters. The standard InChI is InChI=1S/C18H12Cl2N2O2/c1-7-3-9(19)5-11-13(7)17(23)15(21-11)16-18(24)14-8(2)4-10(20)6-12(14)22-16/h3-6,21-24H,1-2H2/b16-15+. The molecule has 2 aromatic carbocycles. The Kier molecular flexibility index (Phi) is 3.10. The minimum absolute atomic E-state index is 0.00904. The van der Waals surface area contributed by atoms with E-state index in [2.05, 4.69) is 23.1 Å². The Morgan fingerprint density at radius 3 is 1.46 bits per heavy atom. The summed E-state index contributed by atoms with van der Waals surface area (Å²) in [5, 5.41) is 25.2. The second-order valence-electron chi connectivity index (χ2n) is 5.67. The highest BCUT2D eigenvalue weighted by molar-refractivity contribution is 6.31. The zero-order valence-electron chi connectivity index (χ0n) is 12.4. The van der Waals surface area contributed by atoms with Crippen LogP contribution in [0.15, 0.2) is 24.3 Å². The van der Waals surface area contributed by atoms with E-state index in [1.54, 1.807) is 24.3 Å². The van der Waals surface area contributed by atoms with Gasteiger partial charge >= 0.3 is 0 Å². The van der Waals surface area contributed by atoms with Crippen molar-refractivity contribution in [3.8, 4) is 11.5 Å². The van der Waals surface area contributed by atoms with Crippen LogP contribution in [0, 0.1) is 10.7 Å². The SMILES string of the molecule is C=c1cc(Cl)cc2[nH]/c(=c3/[nH]c4cc(Cl)cc(=C)c4c3O)c(O)c12. The minimum Gasteiger partial charge on any atom is -0.505 e. The second-order valence-corrected chi connectivity index (χ2v) is 6.55. The first-order chi connectivity index (χ1) is 11.4. The molecule has 4 nitrogen and oxygen atoms in total. The maximum absolute atomic E-state index is 10.6. The van der Waals surface area contributed by atoms with Crippen molar-refractivity contribution in [3.05, 3.63) is 55.4 Å². The second kappa shape index (κ2) is 4.97. The van der Waals surface area contributed by atoms with Crippen LogP contribution in [0.2, 0.25) is 10.0 Å². The first-order valence-electron chi connectivity index (χ1n) is 7.09. The molecule has 0 radical (unpaired) electrons. The summed E-state index contributed by atoms with van der Waals surface area (Å²) < 4.78 is 0. The van der Waals surface area contributed by atoms with Crippen LogP contribution in [0.25, 0.3) is 35.0 Å². The van der Waals surface area contributed by atoms with Crippen LogP contribution in [-0.2, 0) is 0 Å². The fourth-order valence-electron chi connectivity index (χ4n) is 3.08. The van der Waals surface area contributed by atoms with Crippen molar-refractivity contribution in [3.63, 3.8) is 0 Å². The van der Waals surface area contributed by atoms with Crippen molar-refractivity contribution in [2.75, 3.05) is 0 Å². The lowest BCUT2D eigenvalue weighted by Gasteiger charge is -1.93. The van der Waals surface area contributed by atoms with Crippen LogP contribution in [0.4, 0.5) is 0 Å². The molecule has 0 aliphatic heterocycles. The Morgan fingerprint density at radius 2 is 1.08 bits per heavy atom. The lowest BCUT2D eigenvalue weighted by atomic mass is 10.2. The van der Waals surface area contributed by atoms with Gasteiger partial charge in [-0.05, 0) is 34.7 Å². The normalized spacial score (nSPS) is 13.1. The zero-order chi connectivity index (χ0) is 17.2. The summed E-state index contributed by atoms with van der Waals surface area (Å²) in [5.41, 5.74) is 1.26. The lowest BCUT2D eigenvalue weighted by Crippen LogP contribution is -1.96. The van der Waals surface area contributed by atoms with Crippen molar-refractivity contribution < 1.29 is 10.2 Å². The Hall–Kier alpha value is -2.56. The van der Waals surface area contributed by atoms with Gasteiger partial charge in [-0.2, -0.15) is 0 Å². The van der Waals surface area contributed by atoms with Gasteiger partial charge < -0.3 is 20.2 Å². The van der Waals surface area contributed by atoms with Gasteiger partial charge in [-0.25, -0.2) is 0 Å². The summed E-state index contributed by atoms with van der Waals surface area (Å²) in [6.07, 6.45) is 0. The molecule has 2 aromatic heterocycles. The van der Waals surface area contributed by atoms with Crippen LogP contribution < -0.4 is 10.4 Å². The quantitative estimate of drug-likeness (QED) is 0.388. The third-order valence-corrected chi connectivity index (χ3v) is 4.52. The molecule has 0 amide bonds. The average Bonchev–Trinajstić information content (AvgIpc) is 2.96.